The molecule has 0 aliphatic rings. The average Bonchev–Trinajstić information content (AvgIpc) is 3.44. The Balaban J connectivity index is 1.45. The Kier molecular flexibility index (Phi) is 7.00. The number of aromatic nitrogens is 4. The third-order valence-electron chi connectivity index (χ3n) is 5.79. The van der Waals surface area contributed by atoms with Gasteiger partial charge in [-0.25, -0.2) is 0 Å². The molecular formula is C25H26N6O5. The molecule has 11 heteroatoms. The number of ether oxygens (including phenoxy) is 2. The summed E-state index contributed by atoms with van der Waals surface area (Å²) in [5.41, 5.74) is 4.45. The molecule has 0 saturated heterocycles. The molecule has 1 N–H and O–H groups in total. The summed E-state index contributed by atoms with van der Waals surface area (Å²) in [6, 6.07) is 12.7. The molecule has 0 radical (unpaired) electrons. The number of carbonyl (C=O) groups excluding carboxylic acids is 1. The second kappa shape index (κ2) is 10.3. The summed E-state index contributed by atoms with van der Waals surface area (Å²) in [7, 11) is 3.18. The monoisotopic (exact) mass is 490 g/mol. The van der Waals surface area contributed by atoms with Gasteiger partial charge in [-0.3, -0.25) is 24.3 Å². The third kappa shape index (κ3) is 5.19. The molecule has 0 saturated carbocycles. The van der Waals surface area contributed by atoms with Gasteiger partial charge in [0.15, 0.2) is 11.5 Å². The standard InChI is InChI=1S/C25H26N6O5/c1-16-24(17(2)30(28-16)14-19-7-10-22(35-3)23(11-19)36-4)27-25(32)20-8-5-18(6-9-20)13-29-15-21(12-26-29)31(33)34/h5-12,15H,13-14H2,1-4H3,(H,27,32). The lowest BCUT2D eigenvalue weighted by molar-refractivity contribution is -0.385. The van der Waals surface area contributed by atoms with Gasteiger partial charge in [0.2, 0.25) is 0 Å². The summed E-state index contributed by atoms with van der Waals surface area (Å²) >= 11 is 0. The van der Waals surface area contributed by atoms with Gasteiger partial charge in [0.1, 0.15) is 12.4 Å². The number of nitro groups is 1. The summed E-state index contributed by atoms with van der Waals surface area (Å²) in [6.45, 7) is 4.61. The smallest absolute Gasteiger partial charge is 0.307 e. The van der Waals surface area contributed by atoms with E-state index in [-0.39, 0.29) is 11.6 Å². The zero-order valence-electron chi connectivity index (χ0n) is 20.4. The lowest BCUT2D eigenvalue weighted by Gasteiger charge is -2.11. The first-order chi connectivity index (χ1) is 17.3. The van der Waals surface area contributed by atoms with Gasteiger partial charge in [0.05, 0.1) is 49.3 Å². The summed E-state index contributed by atoms with van der Waals surface area (Å²) in [4.78, 5) is 23.2. The predicted octanol–water partition coefficient (Wildman–Crippen LogP) is 3.97. The van der Waals surface area contributed by atoms with Crippen LogP contribution in [0.5, 0.6) is 11.5 Å². The average molecular weight is 491 g/mol. The van der Waals surface area contributed by atoms with Crippen LogP contribution >= 0.6 is 0 Å². The van der Waals surface area contributed by atoms with E-state index < -0.39 is 4.92 Å². The van der Waals surface area contributed by atoms with Crippen molar-refractivity contribution in [2.24, 2.45) is 0 Å². The Labute approximate surface area is 207 Å². The predicted molar refractivity (Wildman–Crippen MR) is 133 cm³/mol. The van der Waals surface area contributed by atoms with Gasteiger partial charge in [-0.15, -0.1) is 0 Å². The molecule has 2 aromatic carbocycles. The van der Waals surface area contributed by atoms with Gasteiger partial charge in [-0.2, -0.15) is 10.2 Å². The van der Waals surface area contributed by atoms with Crippen LogP contribution in [0.2, 0.25) is 0 Å². The molecule has 36 heavy (non-hydrogen) atoms. The van der Waals surface area contributed by atoms with Gasteiger partial charge in [0, 0.05) is 5.56 Å². The highest BCUT2D eigenvalue weighted by atomic mass is 16.6. The minimum atomic E-state index is -0.489. The van der Waals surface area contributed by atoms with Crippen LogP contribution < -0.4 is 14.8 Å². The second-order valence-electron chi connectivity index (χ2n) is 8.20. The quantitative estimate of drug-likeness (QED) is 0.278. The van der Waals surface area contributed by atoms with E-state index >= 15 is 0 Å². The maximum Gasteiger partial charge on any atom is 0.307 e. The molecule has 11 nitrogen and oxygen atoms in total. The zero-order valence-corrected chi connectivity index (χ0v) is 20.4. The van der Waals surface area contributed by atoms with Crippen molar-refractivity contribution in [1.29, 1.82) is 0 Å². The Bertz CT molecular complexity index is 1410. The summed E-state index contributed by atoms with van der Waals surface area (Å²) < 4.78 is 14.0. The number of anilines is 1. The maximum absolute atomic E-state index is 12.9. The van der Waals surface area contributed by atoms with Crippen LogP contribution in [0.15, 0.2) is 54.9 Å². The number of nitrogens with one attached hydrogen (secondary N) is 1. The highest BCUT2D eigenvalue weighted by Gasteiger charge is 2.16. The van der Waals surface area contributed by atoms with Crippen molar-refractivity contribution in [3.8, 4) is 11.5 Å². The summed E-state index contributed by atoms with van der Waals surface area (Å²) in [6.07, 6.45) is 2.57. The summed E-state index contributed by atoms with van der Waals surface area (Å²) in [5, 5.41) is 22.4. The molecular weight excluding hydrogens is 464 g/mol. The number of hydrogen-bond acceptors (Lipinski definition) is 7. The van der Waals surface area contributed by atoms with Crippen LogP contribution in [0, 0.1) is 24.0 Å². The van der Waals surface area contributed by atoms with Crippen molar-refractivity contribution in [3.63, 3.8) is 0 Å². The number of nitrogens with zero attached hydrogens (tertiary/aromatic N) is 5. The van der Waals surface area contributed by atoms with E-state index in [9.17, 15) is 14.9 Å². The number of aryl methyl sites for hydroxylation is 1. The van der Waals surface area contributed by atoms with E-state index in [4.69, 9.17) is 9.47 Å². The highest BCUT2D eigenvalue weighted by Crippen LogP contribution is 2.29. The van der Waals surface area contributed by atoms with Gasteiger partial charge in [0.25, 0.3) is 5.91 Å². The highest BCUT2D eigenvalue weighted by molar-refractivity contribution is 6.04. The van der Waals surface area contributed by atoms with E-state index in [2.05, 4.69) is 15.5 Å². The number of benzene rings is 2. The molecule has 4 aromatic rings. The fourth-order valence-corrected chi connectivity index (χ4v) is 3.85. The van der Waals surface area contributed by atoms with Gasteiger partial charge >= 0.3 is 5.69 Å². The first kappa shape index (κ1) is 24.5. The molecule has 0 aliphatic heterocycles. The number of hydrogen-bond donors (Lipinski definition) is 1. The van der Waals surface area contributed by atoms with Gasteiger partial charge in [-0.1, -0.05) is 18.2 Å². The van der Waals surface area contributed by atoms with Crippen molar-refractivity contribution < 1.29 is 19.2 Å². The lowest BCUT2D eigenvalue weighted by Crippen LogP contribution is -2.13. The Morgan fingerprint density at radius 1 is 1.03 bits per heavy atom. The van der Waals surface area contributed by atoms with Crippen LogP contribution in [-0.4, -0.2) is 44.6 Å². The normalized spacial score (nSPS) is 10.8. The minimum absolute atomic E-state index is 0.0663. The van der Waals surface area contributed by atoms with E-state index in [0.717, 1.165) is 16.8 Å². The third-order valence-corrected chi connectivity index (χ3v) is 5.79. The number of rotatable bonds is 9. The number of methoxy groups -OCH3 is 2. The van der Waals surface area contributed by atoms with Crippen LogP contribution in [0.1, 0.15) is 32.9 Å². The van der Waals surface area contributed by atoms with Crippen molar-refractivity contribution in [3.05, 3.63) is 93.1 Å². The van der Waals surface area contributed by atoms with Crippen LogP contribution in [-0.2, 0) is 13.1 Å². The molecule has 4 rings (SSSR count). The van der Waals surface area contributed by atoms with Crippen LogP contribution in [0.3, 0.4) is 0 Å². The molecule has 186 valence electrons. The zero-order chi connectivity index (χ0) is 25.8. The fraction of sp³-hybridized carbons (Fsp3) is 0.240. The van der Waals surface area contributed by atoms with Crippen molar-refractivity contribution in [1.82, 2.24) is 19.6 Å². The molecule has 2 heterocycles. The lowest BCUT2D eigenvalue weighted by atomic mass is 10.1. The molecule has 0 fully saturated rings. The number of amides is 1. The van der Waals surface area contributed by atoms with Gasteiger partial charge < -0.3 is 14.8 Å². The Hall–Kier alpha value is -4.67. The topological polar surface area (TPSA) is 126 Å². The number of carbonyl (C=O) groups is 1. The molecule has 0 unspecified atom stereocenters. The fourth-order valence-electron chi connectivity index (χ4n) is 3.85. The van der Waals surface area contributed by atoms with E-state index in [1.165, 1.54) is 17.1 Å². The van der Waals surface area contributed by atoms with Crippen molar-refractivity contribution in [2.45, 2.75) is 26.9 Å². The molecule has 1 amide bonds. The first-order valence-electron chi connectivity index (χ1n) is 11.1. The first-order valence-corrected chi connectivity index (χ1v) is 11.1. The second-order valence-corrected chi connectivity index (χ2v) is 8.20. The van der Waals surface area contributed by atoms with E-state index in [0.29, 0.717) is 41.5 Å². The van der Waals surface area contributed by atoms with Gasteiger partial charge in [-0.05, 0) is 49.2 Å². The molecule has 2 aromatic heterocycles. The Morgan fingerprint density at radius 2 is 1.72 bits per heavy atom. The van der Waals surface area contributed by atoms with E-state index in [1.54, 1.807) is 38.5 Å². The SMILES string of the molecule is COc1ccc(Cn2nc(C)c(NC(=O)c3ccc(Cn4cc([N+](=O)[O-])cn4)cc3)c2C)cc1OC. The van der Waals surface area contributed by atoms with Crippen LogP contribution in [0.4, 0.5) is 11.4 Å². The van der Waals surface area contributed by atoms with Crippen molar-refractivity contribution >= 4 is 17.3 Å². The Morgan fingerprint density at radius 3 is 2.36 bits per heavy atom. The van der Waals surface area contributed by atoms with Crippen LogP contribution in [0.25, 0.3) is 0 Å². The molecule has 0 spiro atoms. The molecule has 0 aliphatic carbocycles. The minimum Gasteiger partial charge on any atom is -0.493 e. The maximum atomic E-state index is 12.9. The van der Waals surface area contributed by atoms with E-state index in [1.807, 2.05) is 36.7 Å². The molecule has 0 bridgehead atoms. The summed E-state index contributed by atoms with van der Waals surface area (Å²) in [5.74, 6) is 1.03. The molecule has 0 atom stereocenters. The largest absolute Gasteiger partial charge is 0.493 e. The van der Waals surface area contributed by atoms with Crippen molar-refractivity contribution in [2.75, 3.05) is 19.5 Å².